The van der Waals surface area contributed by atoms with Crippen molar-refractivity contribution >= 4 is 23.8 Å². The lowest BCUT2D eigenvalue weighted by Gasteiger charge is -2.59. The van der Waals surface area contributed by atoms with Gasteiger partial charge in [0.05, 0.1) is 11.8 Å². The van der Waals surface area contributed by atoms with E-state index in [-0.39, 0.29) is 35.2 Å². The molecule has 7 nitrogen and oxygen atoms in total. The second-order valence-electron chi connectivity index (χ2n) is 12.7. The first kappa shape index (κ1) is 27.7. The molecule has 1 saturated heterocycles. The van der Waals surface area contributed by atoms with Crippen LogP contribution in [0.15, 0.2) is 0 Å². The van der Waals surface area contributed by atoms with Gasteiger partial charge in [0.2, 0.25) is 11.8 Å². The van der Waals surface area contributed by atoms with Crippen molar-refractivity contribution in [3.63, 3.8) is 0 Å². The Morgan fingerprint density at radius 1 is 0.914 bits per heavy atom. The molecule has 1 heterocycles. The quantitative estimate of drug-likeness (QED) is 0.372. The molecule has 4 bridgehead atoms. The molecule has 0 N–H and O–H groups in total. The van der Waals surface area contributed by atoms with Crippen LogP contribution >= 0.6 is 0 Å². The predicted molar refractivity (Wildman–Crippen MR) is 132 cm³/mol. The summed E-state index contributed by atoms with van der Waals surface area (Å²) < 4.78 is 11.0. The molecule has 1 atom stereocenters. The van der Waals surface area contributed by atoms with Gasteiger partial charge < -0.3 is 9.47 Å². The number of likely N-dealkylation sites (tertiary alicyclic amines) is 1. The molecule has 198 valence electrons. The minimum Gasteiger partial charge on any atom is -0.458 e. The SMILES string of the molecule is CCC(C)(C)C(=O)N1C(=O)CC1OC(C)=O.CCC(C)(C)C(=O)OC1(C)C2CC3CC(C2)CC1C3. The number of ether oxygens (including phenoxy) is 2. The molecule has 0 aromatic heterocycles. The maximum absolute atomic E-state index is 12.5. The first-order valence-corrected chi connectivity index (χ1v) is 13.4. The monoisotopic (exact) mass is 491 g/mol. The fraction of sp³-hybridized carbons (Fsp3) is 0.857. The zero-order valence-corrected chi connectivity index (χ0v) is 22.9. The topological polar surface area (TPSA) is 90.0 Å². The lowest BCUT2D eigenvalue weighted by atomic mass is 9.50. The highest BCUT2D eigenvalue weighted by Gasteiger charge is 2.57. The molecule has 1 aliphatic heterocycles. The van der Waals surface area contributed by atoms with Crippen LogP contribution in [-0.2, 0) is 28.7 Å². The Morgan fingerprint density at radius 3 is 1.80 bits per heavy atom. The van der Waals surface area contributed by atoms with Gasteiger partial charge in [0.1, 0.15) is 5.60 Å². The summed E-state index contributed by atoms with van der Waals surface area (Å²) in [7, 11) is 0. The molecule has 0 aromatic carbocycles. The molecular formula is C28H45NO6. The van der Waals surface area contributed by atoms with Gasteiger partial charge in [-0.2, -0.15) is 0 Å². The first-order valence-electron chi connectivity index (χ1n) is 13.4. The van der Waals surface area contributed by atoms with Crippen molar-refractivity contribution in [1.82, 2.24) is 4.90 Å². The largest absolute Gasteiger partial charge is 0.458 e. The average molecular weight is 492 g/mol. The maximum atomic E-state index is 12.5. The molecule has 1 unspecified atom stereocenters. The number of imide groups is 1. The molecule has 35 heavy (non-hydrogen) atoms. The summed E-state index contributed by atoms with van der Waals surface area (Å²) in [5, 5.41) is 0. The Hall–Kier alpha value is -1.92. The molecule has 5 rings (SSSR count). The summed E-state index contributed by atoms with van der Waals surface area (Å²) in [5.41, 5.74) is -1.11. The Labute approximate surface area is 210 Å². The van der Waals surface area contributed by atoms with E-state index in [2.05, 4.69) is 13.8 Å². The van der Waals surface area contributed by atoms with Gasteiger partial charge in [0.25, 0.3) is 0 Å². The number of carbonyl (C=O) groups is 4. The van der Waals surface area contributed by atoms with Gasteiger partial charge in [0, 0.05) is 12.3 Å². The zero-order valence-electron chi connectivity index (χ0n) is 22.9. The fourth-order valence-electron chi connectivity index (χ4n) is 6.16. The zero-order chi connectivity index (χ0) is 26.3. The number of amides is 2. The molecule has 0 aromatic rings. The summed E-state index contributed by atoms with van der Waals surface area (Å²) >= 11 is 0. The Balaban J connectivity index is 0.000000199. The Morgan fingerprint density at radius 2 is 1.40 bits per heavy atom. The van der Waals surface area contributed by atoms with E-state index in [0.717, 1.165) is 23.2 Å². The molecule has 7 heteroatoms. The molecule has 0 spiro atoms. The van der Waals surface area contributed by atoms with E-state index >= 15 is 0 Å². The number of nitrogens with zero attached hydrogens (tertiary/aromatic N) is 1. The van der Waals surface area contributed by atoms with E-state index in [0.29, 0.717) is 18.3 Å². The van der Waals surface area contributed by atoms with Crippen molar-refractivity contribution in [3.8, 4) is 0 Å². The van der Waals surface area contributed by atoms with Crippen molar-refractivity contribution < 1.29 is 28.7 Å². The van der Waals surface area contributed by atoms with Gasteiger partial charge in [0.15, 0.2) is 6.23 Å². The standard InChI is InChI=1S/C17H28O2.C11H17NO4/c1-5-16(2,3)15(18)19-17(4)13-7-11-6-12(9-13)10-14(17)8-11;1-5-11(3,4)10(15)12-8(14)6-9(12)16-7(2)13/h11-14H,5-10H2,1-4H3;9H,5-6H2,1-4H3. The van der Waals surface area contributed by atoms with Crippen LogP contribution in [0.2, 0.25) is 0 Å². The van der Waals surface area contributed by atoms with Crippen molar-refractivity contribution in [2.75, 3.05) is 0 Å². The van der Waals surface area contributed by atoms with Crippen molar-refractivity contribution in [1.29, 1.82) is 0 Å². The summed E-state index contributed by atoms with van der Waals surface area (Å²) in [5.74, 6) is 2.08. The molecule has 2 amide bonds. The third-order valence-electron chi connectivity index (χ3n) is 9.40. The van der Waals surface area contributed by atoms with Crippen molar-refractivity contribution in [2.45, 2.75) is 119 Å². The van der Waals surface area contributed by atoms with Gasteiger partial charge in [-0.1, -0.05) is 27.7 Å². The van der Waals surface area contributed by atoms with Crippen LogP contribution in [0.4, 0.5) is 0 Å². The molecule has 5 aliphatic rings. The van der Waals surface area contributed by atoms with Crippen LogP contribution in [0.5, 0.6) is 0 Å². The highest BCUT2D eigenvalue weighted by atomic mass is 16.6. The Bertz CT molecular complexity index is 832. The van der Waals surface area contributed by atoms with Crippen molar-refractivity contribution in [2.24, 2.45) is 34.5 Å². The second-order valence-corrected chi connectivity index (χ2v) is 12.7. The summed E-state index contributed by atoms with van der Waals surface area (Å²) in [6, 6.07) is 0. The first-order chi connectivity index (χ1) is 16.1. The summed E-state index contributed by atoms with van der Waals surface area (Å²) in [6.07, 6.45) is 7.50. The van der Waals surface area contributed by atoms with Gasteiger partial charge in [-0.3, -0.25) is 19.2 Å². The van der Waals surface area contributed by atoms with E-state index < -0.39 is 17.6 Å². The van der Waals surface area contributed by atoms with E-state index in [1.165, 1.54) is 39.0 Å². The number of hydrogen-bond donors (Lipinski definition) is 0. The molecule has 0 radical (unpaired) electrons. The minimum absolute atomic E-state index is 0.0185. The number of esters is 2. The molecular weight excluding hydrogens is 446 g/mol. The minimum atomic E-state index is -0.705. The van der Waals surface area contributed by atoms with Gasteiger partial charge >= 0.3 is 11.9 Å². The lowest BCUT2D eigenvalue weighted by Crippen LogP contribution is -2.60. The van der Waals surface area contributed by atoms with E-state index in [1.807, 2.05) is 20.8 Å². The average Bonchev–Trinajstić information content (AvgIpc) is 2.76. The third kappa shape index (κ3) is 5.43. The number of β-lactam (4-membered cyclic amide) rings is 1. The van der Waals surface area contributed by atoms with E-state index in [9.17, 15) is 19.2 Å². The highest BCUT2D eigenvalue weighted by molar-refractivity contribution is 6.02. The second kappa shape index (κ2) is 9.85. The molecule has 5 fully saturated rings. The summed E-state index contributed by atoms with van der Waals surface area (Å²) in [4.78, 5) is 47.6. The third-order valence-corrected chi connectivity index (χ3v) is 9.40. The van der Waals surface area contributed by atoms with Gasteiger partial charge in [-0.15, -0.1) is 0 Å². The number of carbonyl (C=O) groups excluding carboxylic acids is 4. The maximum Gasteiger partial charge on any atom is 0.312 e. The van der Waals surface area contributed by atoms with Gasteiger partial charge in [-0.25, -0.2) is 4.90 Å². The predicted octanol–water partition coefficient (Wildman–Crippen LogP) is 5.25. The van der Waals surface area contributed by atoms with E-state index in [4.69, 9.17) is 9.47 Å². The number of hydrogen-bond acceptors (Lipinski definition) is 6. The van der Waals surface area contributed by atoms with Crippen LogP contribution < -0.4 is 0 Å². The summed E-state index contributed by atoms with van der Waals surface area (Å²) in [6.45, 7) is 15.0. The lowest BCUT2D eigenvalue weighted by molar-refractivity contribution is -0.211. The highest BCUT2D eigenvalue weighted by Crippen LogP contribution is 2.59. The Kier molecular flexibility index (Phi) is 7.79. The van der Waals surface area contributed by atoms with Crippen LogP contribution in [0.1, 0.15) is 107 Å². The van der Waals surface area contributed by atoms with Crippen LogP contribution in [0, 0.1) is 34.5 Å². The molecule has 4 aliphatic carbocycles. The van der Waals surface area contributed by atoms with E-state index in [1.54, 1.807) is 13.8 Å². The molecule has 4 saturated carbocycles. The van der Waals surface area contributed by atoms with Crippen LogP contribution in [-0.4, -0.2) is 40.5 Å². The van der Waals surface area contributed by atoms with Crippen LogP contribution in [0.3, 0.4) is 0 Å². The van der Waals surface area contributed by atoms with Crippen LogP contribution in [0.25, 0.3) is 0 Å². The number of rotatable bonds is 6. The van der Waals surface area contributed by atoms with Gasteiger partial charge in [-0.05, 0) is 89.4 Å². The normalized spacial score (nSPS) is 33.4. The van der Waals surface area contributed by atoms with Crippen molar-refractivity contribution in [3.05, 3.63) is 0 Å². The fourth-order valence-corrected chi connectivity index (χ4v) is 6.16. The smallest absolute Gasteiger partial charge is 0.312 e.